The highest BCUT2D eigenvalue weighted by molar-refractivity contribution is 7.12. The summed E-state index contributed by atoms with van der Waals surface area (Å²) in [5.41, 5.74) is 0.489. The Balaban J connectivity index is 2.02. The molecular weight excluding hydrogens is 336 g/mol. The van der Waals surface area contributed by atoms with Gasteiger partial charge in [0.1, 0.15) is 5.82 Å². The molecule has 0 spiro atoms. The Hall–Kier alpha value is -1.30. The van der Waals surface area contributed by atoms with Gasteiger partial charge >= 0.3 is 5.97 Å². The summed E-state index contributed by atoms with van der Waals surface area (Å²) >= 11 is 13.4. The second-order valence-corrected chi connectivity index (χ2v) is 6.29. The summed E-state index contributed by atoms with van der Waals surface area (Å²) in [5.74, 6) is -0.756. The molecular formula is C14H12Cl2FNO2S. The topological polar surface area (TPSA) is 38.3 Å². The fourth-order valence-electron chi connectivity index (χ4n) is 1.71. The molecule has 0 saturated heterocycles. The number of hydrogen-bond acceptors (Lipinski definition) is 4. The molecule has 0 aliphatic carbocycles. The average molecular weight is 348 g/mol. The summed E-state index contributed by atoms with van der Waals surface area (Å²) in [6.07, 6.45) is 0.249. The molecule has 1 aromatic heterocycles. The second kappa shape index (κ2) is 7.11. The fraction of sp³-hybridized carbons (Fsp3) is 0.214. The maximum Gasteiger partial charge on any atom is 0.310 e. The molecule has 1 N–H and O–H groups in total. The Kier molecular flexibility index (Phi) is 5.45. The number of carbonyl (C=O) groups excluding carboxylic acids is 1. The van der Waals surface area contributed by atoms with Gasteiger partial charge in [-0.1, -0.05) is 23.2 Å². The van der Waals surface area contributed by atoms with E-state index in [9.17, 15) is 9.18 Å². The van der Waals surface area contributed by atoms with E-state index in [2.05, 4.69) is 10.1 Å². The summed E-state index contributed by atoms with van der Waals surface area (Å²) in [5, 5.41) is 3.53. The van der Waals surface area contributed by atoms with Gasteiger partial charge in [0.2, 0.25) is 0 Å². The molecule has 1 heterocycles. The van der Waals surface area contributed by atoms with Crippen molar-refractivity contribution >= 4 is 46.2 Å². The minimum Gasteiger partial charge on any atom is -0.469 e. The molecule has 0 unspecified atom stereocenters. The van der Waals surface area contributed by atoms with Gasteiger partial charge in [0.05, 0.1) is 29.3 Å². The van der Waals surface area contributed by atoms with Crippen LogP contribution in [0.25, 0.3) is 0 Å². The summed E-state index contributed by atoms with van der Waals surface area (Å²) in [4.78, 5) is 13.1. The monoisotopic (exact) mass is 347 g/mol. The van der Waals surface area contributed by atoms with Crippen molar-refractivity contribution in [1.29, 1.82) is 0 Å². The molecule has 0 bridgehead atoms. The van der Waals surface area contributed by atoms with Crippen molar-refractivity contribution in [2.75, 3.05) is 12.4 Å². The van der Waals surface area contributed by atoms with Gasteiger partial charge in [-0.05, 0) is 24.3 Å². The summed E-state index contributed by atoms with van der Waals surface area (Å²) in [7, 11) is 1.36. The number of methoxy groups -OCH3 is 1. The Morgan fingerprint density at radius 3 is 2.52 bits per heavy atom. The molecule has 112 valence electrons. The number of rotatable bonds is 5. The largest absolute Gasteiger partial charge is 0.469 e. The predicted molar refractivity (Wildman–Crippen MR) is 83.8 cm³/mol. The van der Waals surface area contributed by atoms with E-state index in [0.29, 0.717) is 12.2 Å². The molecule has 2 rings (SSSR count). The number of thiophene rings is 1. The van der Waals surface area contributed by atoms with Gasteiger partial charge in [-0.15, -0.1) is 11.3 Å². The number of ether oxygens (including phenoxy) is 1. The first-order valence-electron chi connectivity index (χ1n) is 6.02. The zero-order valence-electron chi connectivity index (χ0n) is 11.1. The third-order valence-electron chi connectivity index (χ3n) is 2.71. The van der Waals surface area contributed by atoms with Crippen LogP contribution >= 0.6 is 34.5 Å². The lowest BCUT2D eigenvalue weighted by molar-refractivity contribution is -0.139. The zero-order chi connectivity index (χ0) is 15.4. The molecule has 0 saturated carbocycles. The van der Waals surface area contributed by atoms with Crippen LogP contribution in [0, 0.1) is 5.82 Å². The molecule has 0 aliphatic rings. The molecule has 0 aliphatic heterocycles. The average Bonchev–Trinajstić information content (AvgIpc) is 2.85. The third-order valence-corrected chi connectivity index (χ3v) is 4.39. The first kappa shape index (κ1) is 16.1. The lowest BCUT2D eigenvalue weighted by Crippen LogP contribution is -2.02. The number of esters is 1. The minimum absolute atomic E-state index is 0.228. The van der Waals surface area contributed by atoms with Crippen LogP contribution < -0.4 is 5.32 Å². The summed E-state index contributed by atoms with van der Waals surface area (Å²) in [6.45, 7) is 0.483. The number of carbonyl (C=O) groups is 1. The lowest BCUT2D eigenvalue weighted by atomic mass is 10.3. The highest BCUT2D eigenvalue weighted by Crippen LogP contribution is 2.32. The van der Waals surface area contributed by atoms with Gasteiger partial charge in [-0.3, -0.25) is 4.79 Å². The van der Waals surface area contributed by atoms with E-state index in [0.717, 1.165) is 9.75 Å². The van der Waals surface area contributed by atoms with Crippen LogP contribution in [-0.2, 0) is 22.5 Å². The number of nitrogens with one attached hydrogen (secondary N) is 1. The van der Waals surface area contributed by atoms with Crippen molar-refractivity contribution in [2.24, 2.45) is 0 Å². The zero-order valence-corrected chi connectivity index (χ0v) is 13.4. The molecule has 0 radical (unpaired) electrons. The van der Waals surface area contributed by atoms with Crippen molar-refractivity contribution in [1.82, 2.24) is 0 Å². The quantitative estimate of drug-likeness (QED) is 0.808. The Labute approximate surface area is 135 Å². The molecule has 3 nitrogen and oxygen atoms in total. The molecule has 2 aromatic rings. The highest BCUT2D eigenvalue weighted by Gasteiger charge is 2.10. The van der Waals surface area contributed by atoms with Gasteiger partial charge in [0.15, 0.2) is 0 Å². The van der Waals surface area contributed by atoms with Crippen molar-refractivity contribution in [3.05, 3.63) is 49.9 Å². The van der Waals surface area contributed by atoms with Crippen molar-refractivity contribution in [3.63, 3.8) is 0 Å². The third kappa shape index (κ3) is 4.33. The first-order chi connectivity index (χ1) is 9.99. The van der Waals surface area contributed by atoms with Gasteiger partial charge in [0.25, 0.3) is 0 Å². The Bertz CT molecular complexity index is 637. The predicted octanol–water partition coefficient (Wildman–Crippen LogP) is 4.52. The van der Waals surface area contributed by atoms with Crippen LogP contribution in [0.15, 0.2) is 24.3 Å². The van der Waals surface area contributed by atoms with E-state index in [1.54, 1.807) is 0 Å². The summed E-state index contributed by atoms with van der Waals surface area (Å²) in [6, 6.07) is 6.17. The van der Waals surface area contributed by atoms with Gasteiger partial charge < -0.3 is 10.1 Å². The van der Waals surface area contributed by atoms with Crippen LogP contribution in [0.1, 0.15) is 9.75 Å². The fourth-order valence-corrected chi connectivity index (χ4v) is 3.25. The SMILES string of the molecule is COC(=O)Cc1ccc(CNc2c(Cl)cc(F)cc2Cl)s1. The van der Waals surface area contributed by atoms with Crippen molar-refractivity contribution in [2.45, 2.75) is 13.0 Å². The number of hydrogen-bond donors (Lipinski definition) is 1. The maximum atomic E-state index is 13.1. The van der Waals surface area contributed by atoms with Gasteiger partial charge in [-0.25, -0.2) is 4.39 Å². The smallest absolute Gasteiger partial charge is 0.310 e. The first-order valence-corrected chi connectivity index (χ1v) is 7.59. The van der Waals surface area contributed by atoms with Gasteiger partial charge in [0, 0.05) is 16.3 Å². The Morgan fingerprint density at radius 1 is 1.29 bits per heavy atom. The molecule has 0 atom stereocenters. The van der Waals surface area contributed by atoms with E-state index in [-0.39, 0.29) is 22.4 Å². The normalized spacial score (nSPS) is 10.5. The number of halogens is 3. The van der Waals surface area contributed by atoms with Crippen molar-refractivity contribution in [3.8, 4) is 0 Å². The van der Waals surface area contributed by atoms with Crippen LogP contribution in [0.4, 0.5) is 10.1 Å². The van der Waals surface area contributed by atoms with Crippen LogP contribution in [0.3, 0.4) is 0 Å². The van der Waals surface area contributed by atoms with Crippen LogP contribution in [0.5, 0.6) is 0 Å². The molecule has 7 heteroatoms. The standard InChI is InChI=1S/C14H12Cl2FNO2S/c1-20-13(19)6-9-2-3-10(21-9)7-18-14-11(15)4-8(17)5-12(14)16/h2-5,18H,6-7H2,1H3. The molecule has 1 aromatic carbocycles. The van der Waals surface area contributed by atoms with E-state index >= 15 is 0 Å². The molecule has 0 amide bonds. The van der Waals surface area contributed by atoms with Crippen LogP contribution in [0.2, 0.25) is 10.0 Å². The number of anilines is 1. The van der Waals surface area contributed by atoms with E-state index in [1.807, 2.05) is 12.1 Å². The summed E-state index contributed by atoms with van der Waals surface area (Å²) < 4.78 is 17.7. The van der Waals surface area contributed by atoms with Crippen molar-refractivity contribution < 1.29 is 13.9 Å². The Morgan fingerprint density at radius 2 is 1.90 bits per heavy atom. The molecule has 21 heavy (non-hydrogen) atoms. The highest BCUT2D eigenvalue weighted by atomic mass is 35.5. The number of benzene rings is 1. The molecule has 0 fully saturated rings. The van der Waals surface area contributed by atoms with E-state index in [1.165, 1.54) is 30.6 Å². The van der Waals surface area contributed by atoms with E-state index < -0.39 is 5.82 Å². The van der Waals surface area contributed by atoms with Gasteiger partial charge in [-0.2, -0.15) is 0 Å². The lowest BCUT2D eigenvalue weighted by Gasteiger charge is -2.09. The maximum absolute atomic E-state index is 13.1. The van der Waals surface area contributed by atoms with E-state index in [4.69, 9.17) is 23.2 Å². The minimum atomic E-state index is -0.480. The second-order valence-electron chi connectivity index (χ2n) is 4.22. The van der Waals surface area contributed by atoms with Crippen LogP contribution in [-0.4, -0.2) is 13.1 Å².